The van der Waals surface area contributed by atoms with Crippen molar-refractivity contribution >= 4 is 17.5 Å². The number of phenols is 2. The van der Waals surface area contributed by atoms with Gasteiger partial charge in [0.05, 0.1) is 5.75 Å². The Hall–Kier alpha value is -1.16. The first-order valence-corrected chi connectivity index (χ1v) is 6.83. The van der Waals surface area contributed by atoms with Crippen LogP contribution in [0.1, 0.15) is 30.6 Å². The minimum absolute atomic E-state index is 0.0198. The molecule has 1 aromatic rings. The fourth-order valence-corrected chi connectivity index (χ4v) is 2.36. The molecule has 1 rings (SSSR count). The molecular formula is C13H18O3S. The first-order valence-electron chi connectivity index (χ1n) is 5.67. The van der Waals surface area contributed by atoms with E-state index in [1.54, 1.807) is 11.8 Å². The molecule has 0 spiro atoms. The molecule has 3 nitrogen and oxygen atoms in total. The molecule has 0 saturated heterocycles. The zero-order valence-corrected chi connectivity index (χ0v) is 11.0. The summed E-state index contributed by atoms with van der Waals surface area (Å²) in [6, 6.07) is 4.17. The van der Waals surface area contributed by atoms with Crippen LogP contribution in [0.5, 0.6) is 11.5 Å². The summed E-state index contributed by atoms with van der Waals surface area (Å²) in [6.07, 6.45) is 1.11. The van der Waals surface area contributed by atoms with Crippen LogP contribution in [0, 0.1) is 5.92 Å². The molecule has 1 atom stereocenters. The van der Waals surface area contributed by atoms with E-state index in [0.717, 1.165) is 12.2 Å². The van der Waals surface area contributed by atoms with E-state index in [4.69, 9.17) is 5.11 Å². The van der Waals surface area contributed by atoms with Gasteiger partial charge in [0.15, 0.2) is 17.3 Å². The second-order valence-corrected chi connectivity index (χ2v) is 5.19. The highest BCUT2D eigenvalue weighted by atomic mass is 32.2. The maximum atomic E-state index is 11.8. The van der Waals surface area contributed by atoms with Gasteiger partial charge in [-0.15, -0.1) is 0 Å². The fraction of sp³-hybridized carbons (Fsp3) is 0.462. The Morgan fingerprint density at radius 1 is 1.35 bits per heavy atom. The second-order valence-electron chi connectivity index (χ2n) is 4.16. The molecule has 1 aromatic carbocycles. The summed E-state index contributed by atoms with van der Waals surface area (Å²) in [5.74, 6) is 1.52. The molecule has 0 heterocycles. The van der Waals surface area contributed by atoms with Gasteiger partial charge < -0.3 is 10.2 Å². The van der Waals surface area contributed by atoms with E-state index < -0.39 is 0 Å². The molecule has 0 amide bonds. The van der Waals surface area contributed by atoms with Gasteiger partial charge >= 0.3 is 0 Å². The zero-order chi connectivity index (χ0) is 12.8. The average molecular weight is 254 g/mol. The largest absolute Gasteiger partial charge is 0.504 e. The molecule has 0 bridgehead atoms. The number of carbonyl (C=O) groups excluding carboxylic acids is 1. The van der Waals surface area contributed by atoms with E-state index in [9.17, 15) is 9.90 Å². The Kier molecular flexibility index (Phi) is 5.35. The molecule has 1 unspecified atom stereocenters. The summed E-state index contributed by atoms with van der Waals surface area (Å²) in [6.45, 7) is 4.29. The first kappa shape index (κ1) is 13.9. The molecule has 0 fully saturated rings. The van der Waals surface area contributed by atoms with Gasteiger partial charge in [0, 0.05) is 5.56 Å². The molecule has 4 heteroatoms. The van der Waals surface area contributed by atoms with Crippen LogP contribution >= 0.6 is 11.8 Å². The summed E-state index contributed by atoms with van der Waals surface area (Å²) in [7, 11) is 0. The SMILES string of the molecule is CCC(C)CSCC(=O)c1ccc(O)c(O)c1. The summed E-state index contributed by atoms with van der Waals surface area (Å²) in [5.41, 5.74) is 0.442. The lowest BCUT2D eigenvalue weighted by molar-refractivity contribution is 0.102. The molecule has 0 aromatic heterocycles. The summed E-state index contributed by atoms with van der Waals surface area (Å²) in [5, 5.41) is 18.4. The first-order chi connectivity index (χ1) is 8.04. The maximum absolute atomic E-state index is 11.8. The van der Waals surface area contributed by atoms with E-state index in [-0.39, 0.29) is 17.3 Å². The van der Waals surface area contributed by atoms with Crippen molar-refractivity contribution in [3.8, 4) is 11.5 Å². The van der Waals surface area contributed by atoms with Crippen LogP contribution in [-0.4, -0.2) is 27.5 Å². The van der Waals surface area contributed by atoms with E-state index in [1.807, 2.05) is 0 Å². The van der Waals surface area contributed by atoms with E-state index in [1.165, 1.54) is 18.2 Å². The Morgan fingerprint density at radius 3 is 2.65 bits per heavy atom. The van der Waals surface area contributed by atoms with Gasteiger partial charge in [0.2, 0.25) is 0 Å². The fourth-order valence-electron chi connectivity index (χ4n) is 1.25. The topological polar surface area (TPSA) is 57.5 Å². The summed E-state index contributed by atoms with van der Waals surface area (Å²) in [4.78, 5) is 11.8. The number of phenolic OH excluding ortho intramolecular Hbond substituents is 2. The number of carbonyl (C=O) groups is 1. The monoisotopic (exact) mass is 254 g/mol. The Balaban J connectivity index is 2.50. The zero-order valence-electron chi connectivity index (χ0n) is 10.1. The Bertz CT molecular complexity index is 390. The number of Topliss-reactive ketones (excluding diaryl/α,β-unsaturated/α-hetero) is 1. The van der Waals surface area contributed by atoms with Gasteiger partial charge in [-0.3, -0.25) is 4.79 Å². The molecule has 0 aliphatic carbocycles. The van der Waals surface area contributed by atoms with E-state index >= 15 is 0 Å². The molecule has 0 aliphatic heterocycles. The standard InChI is InChI=1S/C13H18O3S/c1-3-9(2)7-17-8-13(16)10-4-5-11(14)12(15)6-10/h4-6,9,14-15H,3,7-8H2,1-2H3. The average Bonchev–Trinajstić information content (AvgIpc) is 2.32. The summed E-state index contributed by atoms with van der Waals surface area (Å²) >= 11 is 1.61. The highest BCUT2D eigenvalue weighted by Gasteiger charge is 2.09. The third-order valence-corrected chi connectivity index (χ3v) is 3.90. The smallest absolute Gasteiger partial charge is 0.172 e. The highest BCUT2D eigenvalue weighted by Crippen LogP contribution is 2.25. The quantitative estimate of drug-likeness (QED) is 0.605. The highest BCUT2D eigenvalue weighted by molar-refractivity contribution is 7.99. The minimum Gasteiger partial charge on any atom is -0.504 e. The Morgan fingerprint density at radius 2 is 2.06 bits per heavy atom. The van der Waals surface area contributed by atoms with Crippen molar-refractivity contribution in [1.29, 1.82) is 0 Å². The number of hydrogen-bond acceptors (Lipinski definition) is 4. The van der Waals surface area contributed by atoms with Crippen LogP contribution in [0.3, 0.4) is 0 Å². The molecular weight excluding hydrogens is 236 g/mol. The number of rotatable bonds is 6. The number of aromatic hydroxyl groups is 2. The van der Waals surface area contributed by atoms with Gasteiger partial charge in [-0.2, -0.15) is 11.8 Å². The van der Waals surface area contributed by atoms with Gasteiger partial charge in [0.25, 0.3) is 0 Å². The van der Waals surface area contributed by atoms with Gasteiger partial charge in [-0.1, -0.05) is 20.3 Å². The van der Waals surface area contributed by atoms with Crippen molar-refractivity contribution in [1.82, 2.24) is 0 Å². The molecule has 0 radical (unpaired) electrons. The molecule has 94 valence electrons. The van der Waals surface area contributed by atoms with Gasteiger partial charge in [-0.25, -0.2) is 0 Å². The predicted octanol–water partition coefficient (Wildman–Crippen LogP) is 3.06. The third-order valence-electron chi connectivity index (χ3n) is 2.63. The van der Waals surface area contributed by atoms with Crippen molar-refractivity contribution in [2.45, 2.75) is 20.3 Å². The van der Waals surface area contributed by atoms with Crippen LogP contribution in [0.4, 0.5) is 0 Å². The predicted molar refractivity (Wildman–Crippen MR) is 70.9 cm³/mol. The number of thioether (sulfide) groups is 1. The maximum Gasteiger partial charge on any atom is 0.172 e. The van der Waals surface area contributed by atoms with E-state index in [2.05, 4.69) is 13.8 Å². The lowest BCUT2D eigenvalue weighted by Gasteiger charge is -2.07. The van der Waals surface area contributed by atoms with Gasteiger partial charge in [0.1, 0.15) is 0 Å². The molecule has 0 aliphatic rings. The second kappa shape index (κ2) is 6.55. The van der Waals surface area contributed by atoms with Crippen molar-refractivity contribution in [3.63, 3.8) is 0 Å². The molecule has 17 heavy (non-hydrogen) atoms. The molecule has 0 saturated carbocycles. The lowest BCUT2D eigenvalue weighted by atomic mass is 10.1. The normalized spacial score (nSPS) is 12.4. The number of ketones is 1. The van der Waals surface area contributed by atoms with Crippen LogP contribution in [0.15, 0.2) is 18.2 Å². The number of benzene rings is 1. The van der Waals surface area contributed by atoms with Crippen molar-refractivity contribution < 1.29 is 15.0 Å². The number of hydrogen-bond donors (Lipinski definition) is 2. The van der Waals surface area contributed by atoms with E-state index in [0.29, 0.717) is 17.2 Å². The lowest BCUT2D eigenvalue weighted by Crippen LogP contribution is -2.05. The van der Waals surface area contributed by atoms with Crippen molar-refractivity contribution in [2.75, 3.05) is 11.5 Å². The van der Waals surface area contributed by atoms with Crippen LogP contribution in [0.2, 0.25) is 0 Å². The Labute approximate surface area is 106 Å². The minimum atomic E-state index is -0.247. The van der Waals surface area contributed by atoms with Crippen LogP contribution in [0.25, 0.3) is 0 Å². The van der Waals surface area contributed by atoms with Crippen molar-refractivity contribution in [3.05, 3.63) is 23.8 Å². The van der Waals surface area contributed by atoms with Gasteiger partial charge in [-0.05, 0) is 29.9 Å². The van der Waals surface area contributed by atoms with Crippen molar-refractivity contribution in [2.24, 2.45) is 5.92 Å². The third kappa shape index (κ3) is 4.30. The molecule has 2 N–H and O–H groups in total. The van der Waals surface area contributed by atoms with Crippen LogP contribution in [-0.2, 0) is 0 Å². The summed E-state index contributed by atoms with van der Waals surface area (Å²) < 4.78 is 0. The van der Waals surface area contributed by atoms with Crippen LogP contribution < -0.4 is 0 Å².